The molecule has 0 aromatic heterocycles. The number of benzene rings is 3. The molecule has 9 nitrogen and oxygen atoms in total. The van der Waals surface area contributed by atoms with Gasteiger partial charge in [0, 0.05) is 41.6 Å². The average Bonchev–Trinajstić information content (AvgIpc) is 2.95. The van der Waals surface area contributed by atoms with Gasteiger partial charge in [-0.3, -0.25) is 9.98 Å². The number of aliphatic carboxylic acids is 2. The number of aromatic hydroxyl groups is 2. The van der Waals surface area contributed by atoms with Crippen molar-refractivity contribution in [1.82, 2.24) is 0 Å². The van der Waals surface area contributed by atoms with E-state index in [1.807, 2.05) is 36.4 Å². The van der Waals surface area contributed by atoms with E-state index in [0.29, 0.717) is 40.1 Å². The van der Waals surface area contributed by atoms with Crippen LogP contribution in [-0.4, -0.2) is 41.7 Å². The van der Waals surface area contributed by atoms with Gasteiger partial charge >= 0.3 is 16.8 Å². The Kier molecular flexibility index (Phi) is 18.0. The van der Waals surface area contributed by atoms with E-state index in [0.717, 1.165) is 37.8 Å². The molecule has 0 aliphatic heterocycles. The van der Waals surface area contributed by atoms with Crippen molar-refractivity contribution < 1.29 is 51.5 Å². The molecular formula is C33H40CoN2O7. The topological polar surface area (TPSA) is 155 Å². The molecule has 0 amide bonds. The number of rotatable bonds is 9. The van der Waals surface area contributed by atoms with Gasteiger partial charge in [0.15, 0.2) is 0 Å². The zero-order valence-electron chi connectivity index (χ0n) is 25.6. The maximum absolute atomic E-state index is 10.3. The van der Waals surface area contributed by atoms with E-state index < -0.39 is 11.9 Å². The minimum atomic E-state index is -1.08. The van der Waals surface area contributed by atoms with Crippen LogP contribution >= 0.6 is 0 Å². The van der Waals surface area contributed by atoms with Crippen molar-refractivity contribution in [1.29, 1.82) is 0 Å². The first-order chi connectivity index (χ1) is 19.8. The molecule has 0 heterocycles. The van der Waals surface area contributed by atoms with Crippen molar-refractivity contribution in [3.63, 3.8) is 0 Å². The molecule has 2 unspecified atom stereocenters. The van der Waals surface area contributed by atoms with E-state index in [4.69, 9.17) is 24.5 Å². The predicted molar refractivity (Wildman–Crippen MR) is 162 cm³/mol. The quantitative estimate of drug-likeness (QED) is 0.309. The van der Waals surface area contributed by atoms with Crippen LogP contribution < -0.4 is 14.9 Å². The van der Waals surface area contributed by atoms with Crippen LogP contribution in [0.4, 0.5) is 11.4 Å². The second-order valence-corrected chi connectivity index (χ2v) is 9.61. The van der Waals surface area contributed by atoms with E-state index >= 15 is 0 Å². The number of carbonyl (C=O) groups is 2. The Hall–Kier alpha value is -4.15. The molecule has 0 bridgehead atoms. The zero-order chi connectivity index (χ0) is 31.8. The molecule has 0 aliphatic carbocycles. The van der Waals surface area contributed by atoms with Crippen LogP contribution in [-0.2, 0) is 26.4 Å². The molecule has 0 spiro atoms. The van der Waals surface area contributed by atoms with Crippen molar-refractivity contribution in [2.24, 2.45) is 9.98 Å². The Labute approximate surface area is 264 Å². The van der Waals surface area contributed by atoms with Crippen LogP contribution in [0.1, 0.15) is 88.5 Å². The van der Waals surface area contributed by atoms with Gasteiger partial charge in [0.2, 0.25) is 0 Å². The Balaban J connectivity index is 0.00000174. The molecule has 0 aliphatic rings. The molecule has 2 N–H and O–H groups in total. The molecule has 3 aromatic rings. The first kappa shape index (κ1) is 38.8. The molecule has 233 valence electrons. The largest absolute Gasteiger partial charge is 2.00 e. The van der Waals surface area contributed by atoms with Crippen molar-refractivity contribution >= 4 is 35.7 Å². The number of carboxylic acids is 2. The number of ether oxygens (including phenoxy) is 1. The summed E-state index contributed by atoms with van der Waals surface area (Å²) in [5.74, 6) is -0.363. The first-order valence-electron chi connectivity index (χ1n) is 13.6. The third-order valence-corrected chi connectivity index (χ3v) is 6.33. The molecule has 0 fully saturated rings. The number of carboxylic acid groups (broad SMARTS) is 2. The number of aliphatic imine (C=N–C) groups is 2. The van der Waals surface area contributed by atoms with Gasteiger partial charge < -0.3 is 34.8 Å². The number of phenolic OH excluding ortho intramolecular Hbond substituents is 2. The zero-order valence-corrected chi connectivity index (χ0v) is 26.6. The summed E-state index contributed by atoms with van der Waals surface area (Å²) in [5.41, 5.74) is 4.84. The summed E-state index contributed by atoms with van der Waals surface area (Å²) in [6.07, 6.45) is 5.34. The number of hydrogen-bond donors (Lipinski definition) is 2. The fraction of sp³-hybridized carbons (Fsp3) is 0.333. The van der Waals surface area contributed by atoms with Gasteiger partial charge in [-0.25, -0.2) is 0 Å². The summed E-state index contributed by atoms with van der Waals surface area (Å²) in [6, 6.07) is 16.7. The standard InChI is InChI=1S/C29H34N2O3.2C2H4O2.Co/c1-6-19(3)21-8-12-28(32)23(14-21)17-30-26-11-10-25(34-5)16-27(26)31-18-24-15-22(20(4)7-2)9-13-29(24)33;2*1-2(3)4;/h8-20,32-33H,6-7H2,1-5H3;2*1H3,(H,3,4);/q;;;+2/p-2. The summed E-state index contributed by atoms with van der Waals surface area (Å²) >= 11 is 0. The Bertz CT molecular complexity index is 1370. The Morgan fingerprint density at radius 3 is 1.53 bits per heavy atom. The summed E-state index contributed by atoms with van der Waals surface area (Å²) in [7, 11) is 1.60. The van der Waals surface area contributed by atoms with Gasteiger partial charge in [0.25, 0.3) is 0 Å². The molecule has 0 saturated carbocycles. The third kappa shape index (κ3) is 14.0. The van der Waals surface area contributed by atoms with Gasteiger partial charge in [0.1, 0.15) is 17.2 Å². The van der Waals surface area contributed by atoms with E-state index in [-0.39, 0.29) is 28.3 Å². The monoisotopic (exact) mass is 635 g/mol. The molecule has 0 saturated heterocycles. The van der Waals surface area contributed by atoms with Crippen LogP contribution in [0.3, 0.4) is 0 Å². The second-order valence-electron chi connectivity index (χ2n) is 9.61. The maximum atomic E-state index is 10.3. The number of carbonyl (C=O) groups excluding carboxylic acids is 2. The molecule has 10 heteroatoms. The third-order valence-electron chi connectivity index (χ3n) is 6.33. The van der Waals surface area contributed by atoms with E-state index in [1.165, 1.54) is 0 Å². The van der Waals surface area contributed by atoms with Gasteiger partial charge in [0.05, 0.1) is 18.5 Å². The van der Waals surface area contributed by atoms with E-state index in [2.05, 4.69) is 37.7 Å². The van der Waals surface area contributed by atoms with E-state index in [9.17, 15) is 10.2 Å². The minimum absolute atomic E-state index is 0. The molecule has 3 aromatic carbocycles. The van der Waals surface area contributed by atoms with Crippen LogP contribution in [0.2, 0.25) is 0 Å². The van der Waals surface area contributed by atoms with Crippen LogP contribution in [0.25, 0.3) is 0 Å². The fourth-order valence-corrected chi connectivity index (χ4v) is 3.56. The number of hydrogen-bond acceptors (Lipinski definition) is 9. The number of methoxy groups -OCH3 is 1. The van der Waals surface area contributed by atoms with E-state index in [1.54, 1.807) is 37.7 Å². The van der Waals surface area contributed by atoms with Gasteiger partial charge in [-0.2, -0.15) is 0 Å². The SMILES string of the molecule is CC(=O)[O-].CC(=O)[O-].CCC(C)c1ccc(O)c(C=Nc2ccc(OC)cc2N=Cc2cc(C(C)CC)ccc2O)c1.[Co+2]. The fourth-order valence-electron chi connectivity index (χ4n) is 3.56. The number of nitrogens with zero attached hydrogens (tertiary/aromatic N) is 2. The van der Waals surface area contributed by atoms with Crippen LogP contribution in [0.15, 0.2) is 64.6 Å². The van der Waals surface area contributed by atoms with Gasteiger partial charge in [-0.15, -0.1) is 0 Å². The smallest absolute Gasteiger partial charge is 0.550 e. The molecule has 3 rings (SSSR count). The molecular weight excluding hydrogens is 595 g/mol. The average molecular weight is 636 g/mol. The normalized spacial score (nSPS) is 11.8. The minimum Gasteiger partial charge on any atom is -0.550 e. The Morgan fingerprint density at radius 1 is 0.767 bits per heavy atom. The van der Waals surface area contributed by atoms with Crippen molar-refractivity contribution in [2.75, 3.05) is 7.11 Å². The van der Waals surface area contributed by atoms with Crippen LogP contribution in [0.5, 0.6) is 17.2 Å². The molecule has 43 heavy (non-hydrogen) atoms. The maximum Gasteiger partial charge on any atom is 2.00 e. The first-order valence-corrected chi connectivity index (χ1v) is 13.6. The summed E-state index contributed by atoms with van der Waals surface area (Å²) < 4.78 is 5.37. The Morgan fingerprint density at radius 2 is 1.16 bits per heavy atom. The van der Waals surface area contributed by atoms with Crippen LogP contribution in [0, 0.1) is 0 Å². The predicted octanol–water partition coefficient (Wildman–Crippen LogP) is 5.14. The molecule has 2 atom stereocenters. The van der Waals surface area contributed by atoms with Crippen molar-refractivity contribution in [3.05, 3.63) is 76.9 Å². The second kappa shape index (κ2) is 19.9. The summed E-state index contributed by atoms with van der Waals surface area (Å²) in [5, 5.41) is 38.4. The van der Waals surface area contributed by atoms with Gasteiger partial charge in [-0.05, 0) is 86.1 Å². The van der Waals surface area contributed by atoms with Crippen molar-refractivity contribution in [3.8, 4) is 17.2 Å². The summed E-state index contributed by atoms with van der Waals surface area (Å²) in [6.45, 7) is 10.6. The van der Waals surface area contributed by atoms with Crippen molar-refractivity contribution in [2.45, 2.75) is 66.2 Å². The van der Waals surface area contributed by atoms with Gasteiger partial charge in [-0.1, -0.05) is 39.8 Å². The summed E-state index contributed by atoms with van der Waals surface area (Å²) in [4.78, 5) is 27.0. The number of phenols is 2. The molecule has 1 radical (unpaired) electrons.